The molecule has 0 radical (unpaired) electrons. The molecule has 9 heteroatoms. The van der Waals surface area contributed by atoms with Gasteiger partial charge in [0.1, 0.15) is 35.3 Å². The molecular weight excluding hydrogens is 385 g/mol. The fourth-order valence-electron chi connectivity index (χ4n) is 2.51. The van der Waals surface area contributed by atoms with Gasteiger partial charge in [-0.1, -0.05) is 6.07 Å². The molecule has 0 saturated heterocycles. The minimum atomic E-state index is -4.40. The molecule has 1 aliphatic heterocycles. The molecule has 0 fully saturated rings. The lowest BCUT2D eigenvalue weighted by molar-refractivity contribution is -0.153. The van der Waals surface area contributed by atoms with Crippen LogP contribution in [0.2, 0.25) is 0 Å². The molecule has 3 rings (SSSR count). The van der Waals surface area contributed by atoms with Gasteiger partial charge in [-0.3, -0.25) is 0 Å². The van der Waals surface area contributed by atoms with E-state index in [0.29, 0.717) is 12.2 Å². The average molecular weight is 401 g/mol. The molecule has 150 valence electrons. The van der Waals surface area contributed by atoms with Crippen LogP contribution in [0.3, 0.4) is 0 Å². The smallest absolute Gasteiger partial charge is 0.422 e. The van der Waals surface area contributed by atoms with Gasteiger partial charge in [-0.25, -0.2) is 13.8 Å². The van der Waals surface area contributed by atoms with Gasteiger partial charge in [-0.15, -0.1) is 0 Å². The first kappa shape index (κ1) is 19.9. The first-order valence-electron chi connectivity index (χ1n) is 8.39. The number of hydrogen-bond donors (Lipinski definition) is 0. The molecule has 2 aromatic rings. The summed E-state index contributed by atoms with van der Waals surface area (Å²) in [6.45, 7) is -0.943. The van der Waals surface area contributed by atoms with E-state index in [2.05, 4.69) is 9.73 Å². The maximum Gasteiger partial charge on any atom is 0.422 e. The summed E-state index contributed by atoms with van der Waals surface area (Å²) in [5.74, 6) is -1.05. The van der Waals surface area contributed by atoms with Crippen molar-refractivity contribution in [3.63, 3.8) is 0 Å². The lowest BCUT2D eigenvalue weighted by Crippen LogP contribution is -2.19. The normalized spacial score (nSPS) is 16.5. The molecule has 0 amide bonds. The molecule has 0 spiro atoms. The van der Waals surface area contributed by atoms with Crippen molar-refractivity contribution in [1.82, 2.24) is 0 Å². The Bertz CT molecular complexity index is 816. The zero-order chi connectivity index (χ0) is 20.1. The van der Waals surface area contributed by atoms with E-state index in [9.17, 15) is 22.0 Å². The molecule has 0 saturated carbocycles. The predicted octanol–water partition coefficient (Wildman–Crippen LogP) is 4.52. The number of benzene rings is 2. The zero-order valence-electron chi connectivity index (χ0n) is 14.5. The number of halogens is 5. The third-order valence-corrected chi connectivity index (χ3v) is 3.83. The highest BCUT2D eigenvalue weighted by Gasteiger charge is 2.28. The van der Waals surface area contributed by atoms with Crippen molar-refractivity contribution in [3.05, 3.63) is 59.7 Å². The van der Waals surface area contributed by atoms with Crippen LogP contribution in [-0.2, 0) is 4.74 Å². The minimum absolute atomic E-state index is 0.0771. The highest BCUT2D eigenvalue weighted by Crippen LogP contribution is 2.22. The highest BCUT2D eigenvalue weighted by molar-refractivity contribution is 5.95. The number of ether oxygens (including phenoxy) is 3. The number of alkyl halides is 3. The Kier molecular flexibility index (Phi) is 6.01. The van der Waals surface area contributed by atoms with Crippen molar-refractivity contribution in [1.29, 1.82) is 0 Å². The SMILES string of the molecule is Fc1cccc(F)c1C1=NC(CCOc2ccc(OCC(F)(F)F)cc2)CO1. The van der Waals surface area contributed by atoms with E-state index in [1.807, 2.05) is 0 Å². The van der Waals surface area contributed by atoms with E-state index in [1.165, 1.54) is 30.3 Å². The van der Waals surface area contributed by atoms with Gasteiger partial charge in [0.15, 0.2) is 6.61 Å². The Balaban J connectivity index is 1.49. The van der Waals surface area contributed by atoms with E-state index in [0.717, 1.165) is 12.1 Å². The van der Waals surface area contributed by atoms with Gasteiger partial charge >= 0.3 is 6.18 Å². The monoisotopic (exact) mass is 401 g/mol. The molecule has 1 unspecified atom stereocenters. The topological polar surface area (TPSA) is 40.0 Å². The molecule has 1 aliphatic rings. The van der Waals surface area contributed by atoms with Crippen LogP contribution in [-0.4, -0.2) is 37.9 Å². The fraction of sp³-hybridized carbons (Fsp3) is 0.316. The molecule has 1 heterocycles. The van der Waals surface area contributed by atoms with Crippen LogP contribution in [0.1, 0.15) is 12.0 Å². The van der Waals surface area contributed by atoms with E-state index >= 15 is 0 Å². The van der Waals surface area contributed by atoms with E-state index in [-0.39, 0.29) is 36.5 Å². The summed E-state index contributed by atoms with van der Waals surface area (Å²) in [5, 5.41) is 0. The minimum Gasteiger partial charge on any atom is -0.494 e. The summed E-state index contributed by atoms with van der Waals surface area (Å²) in [6.07, 6.45) is -3.96. The fourth-order valence-corrected chi connectivity index (χ4v) is 2.51. The summed E-state index contributed by atoms with van der Waals surface area (Å²) in [4.78, 5) is 4.18. The summed E-state index contributed by atoms with van der Waals surface area (Å²) in [7, 11) is 0. The zero-order valence-corrected chi connectivity index (χ0v) is 14.5. The molecule has 0 aromatic heterocycles. The second-order valence-electron chi connectivity index (χ2n) is 6.01. The van der Waals surface area contributed by atoms with Gasteiger partial charge in [-0.2, -0.15) is 13.2 Å². The van der Waals surface area contributed by atoms with Crippen molar-refractivity contribution >= 4 is 5.90 Å². The van der Waals surface area contributed by atoms with Crippen molar-refractivity contribution in [2.75, 3.05) is 19.8 Å². The van der Waals surface area contributed by atoms with Gasteiger partial charge in [0, 0.05) is 6.42 Å². The van der Waals surface area contributed by atoms with Crippen molar-refractivity contribution in [2.24, 2.45) is 4.99 Å². The Morgan fingerprint density at radius 3 is 2.18 bits per heavy atom. The maximum absolute atomic E-state index is 13.8. The lowest BCUT2D eigenvalue weighted by atomic mass is 10.2. The van der Waals surface area contributed by atoms with Crippen LogP contribution >= 0.6 is 0 Å². The average Bonchev–Trinajstić information content (AvgIpc) is 3.09. The molecule has 1 atom stereocenters. The van der Waals surface area contributed by atoms with Gasteiger partial charge in [0.2, 0.25) is 5.90 Å². The Morgan fingerprint density at radius 2 is 1.57 bits per heavy atom. The van der Waals surface area contributed by atoms with Crippen LogP contribution in [0.4, 0.5) is 22.0 Å². The van der Waals surface area contributed by atoms with Gasteiger partial charge in [0.05, 0.1) is 12.6 Å². The number of aliphatic imine (C=N–C) groups is 1. The third-order valence-electron chi connectivity index (χ3n) is 3.83. The molecule has 0 bridgehead atoms. The second-order valence-corrected chi connectivity index (χ2v) is 6.01. The first-order chi connectivity index (χ1) is 13.3. The predicted molar refractivity (Wildman–Crippen MR) is 90.7 cm³/mol. The largest absolute Gasteiger partial charge is 0.494 e. The standard InChI is InChI=1S/C19H16F5NO3/c20-15-2-1-3-16(21)17(15)18-25-12(10-27-18)8-9-26-13-4-6-14(7-5-13)28-11-19(22,23)24/h1-7,12H,8-11H2. The number of hydrogen-bond acceptors (Lipinski definition) is 4. The molecule has 0 N–H and O–H groups in total. The van der Waals surface area contributed by atoms with E-state index in [4.69, 9.17) is 9.47 Å². The number of rotatable bonds is 7. The molecule has 0 aliphatic carbocycles. The van der Waals surface area contributed by atoms with Gasteiger partial charge < -0.3 is 14.2 Å². The highest BCUT2D eigenvalue weighted by atomic mass is 19.4. The van der Waals surface area contributed by atoms with Crippen molar-refractivity contribution in [3.8, 4) is 11.5 Å². The molecule has 28 heavy (non-hydrogen) atoms. The summed E-state index contributed by atoms with van der Waals surface area (Å²) in [6, 6.07) is 8.91. The number of nitrogens with zero attached hydrogens (tertiary/aromatic N) is 1. The summed E-state index contributed by atoms with van der Waals surface area (Å²) in [5.41, 5.74) is -0.291. The maximum atomic E-state index is 13.8. The Morgan fingerprint density at radius 1 is 0.964 bits per heavy atom. The van der Waals surface area contributed by atoms with Crippen LogP contribution in [0.15, 0.2) is 47.5 Å². The van der Waals surface area contributed by atoms with Gasteiger partial charge in [0.25, 0.3) is 0 Å². The molecular formula is C19H16F5NO3. The summed E-state index contributed by atoms with van der Waals surface area (Å²) >= 11 is 0. The van der Waals surface area contributed by atoms with Crippen molar-refractivity contribution < 1.29 is 36.2 Å². The van der Waals surface area contributed by atoms with Crippen LogP contribution in [0, 0.1) is 11.6 Å². The Hall–Kier alpha value is -2.84. The lowest BCUT2D eigenvalue weighted by Gasteiger charge is -2.11. The third kappa shape index (κ3) is 5.34. The second kappa shape index (κ2) is 8.45. The van der Waals surface area contributed by atoms with Crippen LogP contribution in [0.5, 0.6) is 11.5 Å². The van der Waals surface area contributed by atoms with E-state index in [1.54, 1.807) is 0 Å². The van der Waals surface area contributed by atoms with E-state index < -0.39 is 24.4 Å². The molecule has 2 aromatic carbocycles. The van der Waals surface area contributed by atoms with Crippen LogP contribution in [0.25, 0.3) is 0 Å². The first-order valence-corrected chi connectivity index (χ1v) is 8.39. The summed E-state index contributed by atoms with van der Waals surface area (Å²) < 4.78 is 79.2. The Labute approximate surface area is 157 Å². The van der Waals surface area contributed by atoms with Crippen LogP contribution < -0.4 is 9.47 Å². The van der Waals surface area contributed by atoms with Gasteiger partial charge in [-0.05, 0) is 36.4 Å². The quantitative estimate of drug-likeness (QED) is 0.641. The van der Waals surface area contributed by atoms with Crippen molar-refractivity contribution in [2.45, 2.75) is 18.6 Å². The molecule has 4 nitrogen and oxygen atoms in total.